The summed E-state index contributed by atoms with van der Waals surface area (Å²) in [5, 5.41) is 4.85. The molecule has 3 rings (SSSR count). The van der Waals surface area contributed by atoms with Gasteiger partial charge in [-0.2, -0.15) is 0 Å². The molecule has 2 aromatic heterocycles. The summed E-state index contributed by atoms with van der Waals surface area (Å²) in [7, 11) is 0. The van der Waals surface area contributed by atoms with E-state index >= 15 is 0 Å². The van der Waals surface area contributed by atoms with Crippen LogP contribution in [0.25, 0.3) is 4.96 Å². The van der Waals surface area contributed by atoms with Crippen LogP contribution in [0.4, 0.5) is 0 Å². The minimum absolute atomic E-state index is 0.0123. The van der Waals surface area contributed by atoms with Gasteiger partial charge in [-0.25, -0.2) is 4.98 Å². The number of thioether (sulfide) groups is 1. The molecule has 3 aromatic rings. The molecular weight excluding hydrogens is 366 g/mol. The lowest BCUT2D eigenvalue weighted by Crippen LogP contribution is -2.29. The summed E-state index contributed by atoms with van der Waals surface area (Å²) in [6.07, 6.45) is 2.70. The Labute approximate surface area is 160 Å². The summed E-state index contributed by atoms with van der Waals surface area (Å²) < 4.78 is 1.53. The van der Waals surface area contributed by atoms with Crippen molar-refractivity contribution in [1.82, 2.24) is 14.7 Å². The number of hydrogen-bond donors (Lipinski definition) is 1. The predicted molar refractivity (Wildman–Crippen MR) is 108 cm³/mol. The Hall–Kier alpha value is -2.12. The predicted octanol–water partition coefficient (Wildman–Crippen LogP) is 3.30. The van der Waals surface area contributed by atoms with E-state index < -0.39 is 0 Å². The van der Waals surface area contributed by atoms with E-state index in [9.17, 15) is 9.59 Å². The maximum absolute atomic E-state index is 12.1. The van der Waals surface area contributed by atoms with Crippen LogP contribution in [-0.2, 0) is 10.5 Å². The molecule has 1 amide bonds. The smallest absolute Gasteiger partial charge is 0.258 e. The first kappa shape index (κ1) is 18.7. The molecule has 1 atom stereocenters. The summed E-state index contributed by atoms with van der Waals surface area (Å²) in [5.74, 6) is 1.25. The SMILES string of the molecule is CCC(CNC(=O)CSCc1cc(=O)n2ccsc2n1)c1ccccc1. The van der Waals surface area contributed by atoms with Gasteiger partial charge in [0.2, 0.25) is 5.91 Å². The molecule has 0 aliphatic heterocycles. The van der Waals surface area contributed by atoms with E-state index in [4.69, 9.17) is 0 Å². The molecule has 136 valence electrons. The van der Waals surface area contributed by atoms with Crippen molar-refractivity contribution in [1.29, 1.82) is 0 Å². The van der Waals surface area contributed by atoms with Crippen molar-refractivity contribution in [3.8, 4) is 0 Å². The fourth-order valence-corrected chi connectivity index (χ4v) is 4.21. The Kier molecular flexibility index (Phi) is 6.46. The highest BCUT2D eigenvalue weighted by atomic mass is 32.2. The summed E-state index contributed by atoms with van der Waals surface area (Å²) >= 11 is 2.90. The molecule has 1 N–H and O–H groups in total. The molecular formula is C19H21N3O2S2. The molecule has 2 heterocycles. The Bertz CT molecular complexity index is 921. The highest BCUT2D eigenvalue weighted by Gasteiger charge is 2.11. The maximum Gasteiger partial charge on any atom is 0.258 e. The van der Waals surface area contributed by atoms with E-state index in [2.05, 4.69) is 29.4 Å². The van der Waals surface area contributed by atoms with E-state index in [1.54, 1.807) is 6.20 Å². The molecule has 0 bridgehead atoms. The van der Waals surface area contributed by atoms with Crippen LogP contribution < -0.4 is 10.9 Å². The van der Waals surface area contributed by atoms with Crippen LogP contribution in [0.2, 0.25) is 0 Å². The minimum atomic E-state index is -0.0787. The van der Waals surface area contributed by atoms with Crippen molar-refractivity contribution in [2.24, 2.45) is 0 Å². The first-order valence-electron chi connectivity index (χ1n) is 8.52. The van der Waals surface area contributed by atoms with Crippen LogP contribution in [-0.4, -0.2) is 27.6 Å². The van der Waals surface area contributed by atoms with Crippen molar-refractivity contribution >= 4 is 34.0 Å². The van der Waals surface area contributed by atoms with Crippen LogP contribution in [0.1, 0.15) is 30.5 Å². The van der Waals surface area contributed by atoms with Gasteiger partial charge in [0.1, 0.15) is 0 Å². The lowest BCUT2D eigenvalue weighted by molar-refractivity contribution is -0.118. The Balaban J connectivity index is 1.47. The van der Waals surface area contributed by atoms with Gasteiger partial charge in [-0.3, -0.25) is 14.0 Å². The molecule has 7 heteroatoms. The van der Waals surface area contributed by atoms with Crippen molar-refractivity contribution in [3.05, 3.63) is 69.6 Å². The highest BCUT2D eigenvalue weighted by molar-refractivity contribution is 7.99. The van der Waals surface area contributed by atoms with Crippen molar-refractivity contribution in [2.75, 3.05) is 12.3 Å². The van der Waals surface area contributed by atoms with Gasteiger partial charge < -0.3 is 5.32 Å². The third kappa shape index (κ3) is 4.74. The number of fused-ring (bicyclic) bond motifs is 1. The maximum atomic E-state index is 12.1. The zero-order chi connectivity index (χ0) is 18.4. The zero-order valence-corrected chi connectivity index (χ0v) is 16.2. The number of thiazole rings is 1. The van der Waals surface area contributed by atoms with Crippen LogP contribution in [0.15, 0.2) is 52.8 Å². The van der Waals surface area contributed by atoms with Gasteiger partial charge >= 0.3 is 0 Å². The highest BCUT2D eigenvalue weighted by Crippen LogP contribution is 2.18. The number of rotatable bonds is 8. The zero-order valence-electron chi connectivity index (χ0n) is 14.6. The molecule has 0 saturated heterocycles. The number of nitrogens with zero attached hydrogens (tertiary/aromatic N) is 2. The summed E-state index contributed by atoms with van der Waals surface area (Å²) in [4.78, 5) is 29.2. The van der Waals surface area contributed by atoms with Crippen molar-refractivity contribution in [2.45, 2.75) is 25.0 Å². The van der Waals surface area contributed by atoms with Gasteiger partial charge in [-0.15, -0.1) is 23.1 Å². The number of nitrogens with one attached hydrogen (secondary N) is 1. The number of benzene rings is 1. The summed E-state index contributed by atoms with van der Waals surface area (Å²) in [6, 6.07) is 11.8. The quantitative estimate of drug-likeness (QED) is 0.644. The van der Waals surface area contributed by atoms with Gasteiger partial charge in [0, 0.05) is 35.9 Å². The van der Waals surface area contributed by atoms with Gasteiger partial charge in [-0.05, 0) is 12.0 Å². The number of carbonyl (C=O) groups is 1. The second-order valence-corrected chi connectivity index (χ2v) is 7.81. The van der Waals surface area contributed by atoms with Gasteiger partial charge in [0.25, 0.3) is 5.56 Å². The normalized spacial score (nSPS) is 12.2. The molecule has 0 saturated carbocycles. The molecule has 0 spiro atoms. The Morgan fingerprint density at radius 3 is 2.92 bits per heavy atom. The van der Waals surface area contributed by atoms with Crippen molar-refractivity contribution < 1.29 is 4.79 Å². The van der Waals surface area contributed by atoms with E-state index in [1.165, 1.54) is 39.1 Å². The third-order valence-corrected chi connectivity index (χ3v) is 5.87. The van der Waals surface area contributed by atoms with E-state index in [0.717, 1.165) is 6.42 Å². The van der Waals surface area contributed by atoms with E-state index in [-0.39, 0.29) is 11.5 Å². The molecule has 0 fully saturated rings. The number of amides is 1. The van der Waals surface area contributed by atoms with Crippen LogP contribution in [0.3, 0.4) is 0 Å². The van der Waals surface area contributed by atoms with Crippen LogP contribution in [0, 0.1) is 0 Å². The van der Waals surface area contributed by atoms with Gasteiger partial charge in [-0.1, -0.05) is 37.3 Å². The van der Waals surface area contributed by atoms with E-state index in [0.29, 0.717) is 34.6 Å². The molecule has 0 aliphatic rings. The van der Waals surface area contributed by atoms with E-state index in [1.807, 2.05) is 23.6 Å². The Morgan fingerprint density at radius 1 is 1.35 bits per heavy atom. The first-order chi connectivity index (χ1) is 12.7. The topological polar surface area (TPSA) is 63.5 Å². The number of carbonyl (C=O) groups excluding carboxylic acids is 1. The minimum Gasteiger partial charge on any atom is -0.355 e. The molecule has 26 heavy (non-hydrogen) atoms. The summed E-state index contributed by atoms with van der Waals surface area (Å²) in [5.41, 5.74) is 1.88. The molecule has 0 radical (unpaired) electrons. The van der Waals surface area contributed by atoms with Crippen LogP contribution >= 0.6 is 23.1 Å². The first-order valence-corrected chi connectivity index (χ1v) is 10.6. The number of hydrogen-bond acceptors (Lipinski definition) is 5. The average Bonchev–Trinajstić information content (AvgIpc) is 3.12. The molecule has 0 aliphatic carbocycles. The van der Waals surface area contributed by atoms with Gasteiger partial charge in [0.15, 0.2) is 4.96 Å². The van der Waals surface area contributed by atoms with Crippen LogP contribution in [0.5, 0.6) is 0 Å². The fourth-order valence-electron chi connectivity index (χ4n) is 2.72. The van der Waals surface area contributed by atoms with Crippen molar-refractivity contribution in [3.63, 3.8) is 0 Å². The monoisotopic (exact) mass is 387 g/mol. The lowest BCUT2D eigenvalue weighted by atomic mass is 9.96. The summed E-state index contributed by atoms with van der Waals surface area (Å²) in [6.45, 7) is 2.77. The fraction of sp³-hybridized carbons (Fsp3) is 0.316. The standard InChI is InChI=1S/C19H21N3O2S2/c1-2-14(15-6-4-3-5-7-15)11-20-17(23)13-25-12-16-10-18(24)22-8-9-26-19(22)21-16/h3-10,14H,2,11-13H2,1H3,(H,20,23). The molecule has 1 unspecified atom stereocenters. The molecule has 5 nitrogen and oxygen atoms in total. The lowest BCUT2D eigenvalue weighted by Gasteiger charge is -2.16. The molecule has 1 aromatic carbocycles. The largest absolute Gasteiger partial charge is 0.355 e. The average molecular weight is 388 g/mol. The second-order valence-electron chi connectivity index (χ2n) is 5.95. The number of aromatic nitrogens is 2. The van der Waals surface area contributed by atoms with Gasteiger partial charge in [0.05, 0.1) is 11.4 Å². The second kappa shape index (κ2) is 9.00. The Morgan fingerprint density at radius 2 is 2.15 bits per heavy atom. The third-order valence-electron chi connectivity index (χ3n) is 4.15.